The summed E-state index contributed by atoms with van der Waals surface area (Å²) in [5, 5.41) is 3.62. The summed E-state index contributed by atoms with van der Waals surface area (Å²) in [5.41, 5.74) is 0.859. The largest absolute Gasteiger partial charge is 0.313 e. The molecule has 0 saturated carbocycles. The van der Waals surface area contributed by atoms with Crippen molar-refractivity contribution in [3.05, 3.63) is 58.4 Å². The highest BCUT2D eigenvalue weighted by molar-refractivity contribution is 6.31. The Balaban J connectivity index is 2.32. The molecule has 0 fully saturated rings. The molecule has 0 amide bonds. The third-order valence-corrected chi connectivity index (χ3v) is 3.44. The lowest BCUT2D eigenvalue weighted by Crippen LogP contribution is -2.14. The van der Waals surface area contributed by atoms with Gasteiger partial charge in [0.25, 0.3) is 0 Å². The number of rotatable bonds is 5. The fourth-order valence-corrected chi connectivity index (χ4v) is 2.31. The highest BCUT2D eigenvalue weighted by Crippen LogP contribution is 2.30. The van der Waals surface area contributed by atoms with Crippen LogP contribution in [-0.4, -0.2) is 6.54 Å². The third-order valence-electron chi connectivity index (χ3n) is 3.09. The number of nitrogens with one attached hydrogen (secondary N) is 1. The molecule has 2 rings (SSSR count). The predicted octanol–water partition coefficient (Wildman–Crippen LogP) is 4.92. The van der Waals surface area contributed by atoms with E-state index in [1.54, 1.807) is 12.1 Å². The summed E-state index contributed by atoms with van der Waals surface area (Å²) in [4.78, 5) is 0. The van der Waals surface area contributed by atoms with Crippen molar-refractivity contribution in [3.8, 4) is 11.1 Å². The molecule has 2 aromatic carbocycles. The molecular weight excluding hydrogens is 299 g/mol. The molecule has 0 spiro atoms. The van der Waals surface area contributed by atoms with Gasteiger partial charge in [0.15, 0.2) is 0 Å². The first kappa shape index (κ1) is 15.9. The summed E-state index contributed by atoms with van der Waals surface area (Å²) in [6, 6.07) is 6.09. The standard InChI is InChI=1S/C16H15ClF3N/c1-2-5-21-9-11-4-3-10(6-13(11)17)16-14(19)7-12(18)8-15(16)20/h3-4,6-8,21H,2,5,9H2,1H3. The minimum atomic E-state index is -0.944. The lowest BCUT2D eigenvalue weighted by molar-refractivity contribution is 0.548. The molecule has 0 saturated heterocycles. The fraction of sp³-hybridized carbons (Fsp3) is 0.250. The average Bonchev–Trinajstić information content (AvgIpc) is 2.40. The molecule has 5 heteroatoms. The molecule has 0 unspecified atom stereocenters. The van der Waals surface area contributed by atoms with Gasteiger partial charge in [-0.2, -0.15) is 0 Å². The molecule has 0 aliphatic carbocycles. The van der Waals surface area contributed by atoms with Gasteiger partial charge in [0.1, 0.15) is 17.5 Å². The lowest BCUT2D eigenvalue weighted by atomic mass is 10.0. The van der Waals surface area contributed by atoms with Gasteiger partial charge in [-0.15, -0.1) is 0 Å². The van der Waals surface area contributed by atoms with Crippen LogP contribution in [0.3, 0.4) is 0 Å². The zero-order chi connectivity index (χ0) is 15.4. The van der Waals surface area contributed by atoms with E-state index in [0.29, 0.717) is 23.7 Å². The smallest absolute Gasteiger partial charge is 0.136 e. The number of halogens is 4. The lowest BCUT2D eigenvalue weighted by Gasteiger charge is -2.10. The summed E-state index contributed by atoms with van der Waals surface area (Å²) in [5.74, 6) is -2.83. The van der Waals surface area contributed by atoms with Crippen molar-refractivity contribution in [2.45, 2.75) is 19.9 Å². The van der Waals surface area contributed by atoms with E-state index in [9.17, 15) is 13.2 Å². The molecule has 0 aliphatic rings. The Morgan fingerprint density at radius 3 is 2.29 bits per heavy atom. The Hall–Kier alpha value is -1.52. The molecule has 0 atom stereocenters. The summed E-state index contributed by atoms with van der Waals surface area (Å²) in [6.45, 7) is 3.50. The molecule has 1 nitrogen and oxygen atoms in total. The highest BCUT2D eigenvalue weighted by atomic mass is 35.5. The zero-order valence-corrected chi connectivity index (χ0v) is 12.3. The van der Waals surface area contributed by atoms with E-state index in [1.807, 2.05) is 0 Å². The number of hydrogen-bond acceptors (Lipinski definition) is 1. The van der Waals surface area contributed by atoms with Crippen LogP contribution in [0.15, 0.2) is 30.3 Å². The normalized spacial score (nSPS) is 10.9. The van der Waals surface area contributed by atoms with Gasteiger partial charge in [0.2, 0.25) is 0 Å². The van der Waals surface area contributed by atoms with Gasteiger partial charge in [-0.3, -0.25) is 0 Å². The number of benzene rings is 2. The topological polar surface area (TPSA) is 12.0 Å². The van der Waals surface area contributed by atoms with E-state index in [-0.39, 0.29) is 11.1 Å². The van der Waals surface area contributed by atoms with Crippen LogP contribution >= 0.6 is 11.6 Å². The van der Waals surface area contributed by atoms with Crippen molar-refractivity contribution in [2.75, 3.05) is 6.54 Å². The van der Waals surface area contributed by atoms with E-state index in [0.717, 1.165) is 18.5 Å². The molecule has 0 aromatic heterocycles. The Morgan fingerprint density at radius 2 is 1.71 bits per heavy atom. The van der Waals surface area contributed by atoms with Crippen LogP contribution in [0.25, 0.3) is 11.1 Å². The average molecular weight is 314 g/mol. The van der Waals surface area contributed by atoms with E-state index in [4.69, 9.17) is 11.6 Å². The van der Waals surface area contributed by atoms with Gasteiger partial charge in [-0.05, 0) is 30.2 Å². The molecule has 0 radical (unpaired) electrons. The molecule has 112 valence electrons. The molecule has 0 heterocycles. The van der Waals surface area contributed by atoms with E-state index in [2.05, 4.69) is 12.2 Å². The second-order valence-corrected chi connectivity index (χ2v) is 5.13. The molecule has 2 aromatic rings. The molecular formula is C16H15ClF3N. The zero-order valence-electron chi connectivity index (χ0n) is 11.5. The van der Waals surface area contributed by atoms with Crippen molar-refractivity contribution >= 4 is 11.6 Å². The first-order chi connectivity index (χ1) is 10.0. The minimum Gasteiger partial charge on any atom is -0.313 e. The van der Waals surface area contributed by atoms with Gasteiger partial charge >= 0.3 is 0 Å². The quantitative estimate of drug-likeness (QED) is 0.772. The second kappa shape index (κ2) is 6.96. The Labute approximate surface area is 126 Å². The SMILES string of the molecule is CCCNCc1ccc(-c2c(F)cc(F)cc2F)cc1Cl. The summed E-state index contributed by atoms with van der Waals surface area (Å²) in [7, 11) is 0. The van der Waals surface area contributed by atoms with E-state index in [1.165, 1.54) is 6.07 Å². The Morgan fingerprint density at radius 1 is 1.05 bits per heavy atom. The van der Waals surface area contributed by atoms with Crippen molar-refractivity contribution in [1.82, 2.24) is 5.32 Å². The summed E-state index contributed by atoms with van der Waals surface area (Å²) < 4.78 is 40.4. The molecule has 0 bridgehead atoms. The molecule has 0 aliphatic heterocycles. The number of hydrogen-bond donors (Lipinski definition) is 1. The fourth-order valence-electron chi connectivity index (χ4n) is 2.06. The van der Waals surface area contributed by atoms with Crippen LogP contribution < -0.4 is 5.32 Å². The van der Waals surface area contributed by atoms with Gasteiger partial charge < -0.3 is 5.32 Å². The maximum absolute atomic E-state index is 13.7. The maximum atomic E-state index is 13.7. The van der Waals surface area contributed by atoms with Gasteiger partial charge in [0, 0.05) is 23.7 Å². The minimum absolute atomic E-state index is 0.272. The Kier molecular flexibility index (Phi) is 5.26. The Bertz CT molecular complexity index is 620. The van der Waals surface area contributed by atoms with E-state index >= 15 is 0 Å². The van der Waals surface area contributed by atoms with Crippen molar-refractivity contribution in [2.24, 2.45) is 0 Å². The second-order valence-electron chi connectivity index (χ2n) is 4.73. The first-order valence-electron chi connectivity index (χ1n) is 6.67. The summed E-state index contributed by atoms with van der Waals surface area (Å²) >= 11 is 6.14. The van der Waals surface area contributed by atoms with Crippen molar-refractivity contribution < 1.29 is 13.2 Å². The van der Waals surface area contributed by atoms with Crippen LogP contribution in [-0.2, 0) is 6.54 Å². The van der Waals surface area contributed by atoms with Gasteiger partial charge in [-0.25, -0.2) is 13.2 Å². The van der Waals surface area contributed by atoms with Gasteiger partial charge in [0.05, 0.1) is 5.56 Å². The monoisotopic (exact) mass is 313 g/mol. The van der Waals surface area contributed by atoms with Crippen LogP contribution in [0.4, 0.5) is 13.2 Å². The van der Waals surface area contributed by atoms with Crippen molar-refractivity contribution in [1.29, 1.82) is 0 Å². The summed E-state index contributed by atoms with van der Waals surface area (Å²) in [6.07, 6.45) is 1.00. The van der Waals surface area contributed by atoms with Gasteiger partial charge in [-0.1, -0.05) is 30.7 Å². The molecule has 21 heavy (non-hydrogen) atoms. The van der Waals surface area contributed by atoms with Crippen LogP contribution in [0, 0.1) is 17.5 Å². The van der Waals surface area contributed by atoms with Crippen LogP contribution in [0.2, 0.25) is 5.02 Å². The van der Waals surface area contributed by atoms with Crippen molar-refractivity contribution in [3.63, 3.8) is 0 Å². The first-order valence-corrected chi connectivity index (χ1v) is 7.04. The van der Waals surface area contributed by atoms with E-state index < -0.39 is 17.5 Å². The van der Waals surface area contributed by atoms with Crippen LogP contribution in [0.1, 0.15) is 18.9 Å². The predicted molar refractivity (Wildman–Crippen MR) is 78.8 cm³/mol. The maximum Gasteiger partial charge on any atom is 0.136 e. The van der Waals surface area contributed by atoms with Crippen LogP contribution in [0.5, 0.6) is 0 Å². The highest BCUT2D eigenvalue weighted by Gasteiger charge is 2.14. The molecule has 1 N–H and O–H groups in total. The third kappa shape index (κ3) is 3.77.